The van der Waals surface area contributed by atoms with Crippen molar-refractivity contribution < 1.29 is 4.74 Å². The Bertz CT molecular complexity index is 380. The van der Waals surface area contributed by atoms with Gasteiger partial charge in [-0.1, -0.05) is 28.1 Å². The van der Waals surface area contributed by atoms with Crippen molar-refractivity contribution in [2.45, 2.75) is 37.0 Å². The average molecular weight is 268 g/mol. The number of hydrogen-bond acceptors (Lipinski definition) is 2. The maximum atomic E-state index is 6.21. The van der Waals surface area contributed by atoms with Gasteiger partial charge in [-0.3, -0.25) is 0 Å². The zero-order chi connectivity index (χ0) is 10.4. The van der Waals surface area contributed by atoms with E-state index in [9.17, 15) is 0 Å². The first-order chi connectivity index (χ1) is 7.25. The molecule has 2 aliphatic rings. The molecule has 2 saturated heterocycles. The van der Waals surface area contributed by atoms with E-state index >= 15 is 0 Å². The molecule has 1 aromatic rings. The number of nitrogens with two attached hydrogens (primary N) is 1. The predicted octanol–water partition coefficient (Wildman–Crippen LogP) is 2.42. The van der Waals surface area contributed by atoms with Crippen LogP contribution in [-0.2, 0) is 4.74 Å². The molecule has 15 heavy (non-hydrogen) atoms. The van der Waals surface area contributed by atoms with Gasteiger partial charge in [0.25, 0.3) is 0 Å². The molecule has 0 radical (unpaired) electrons. The fourth-order valence-corrected chi connectivity index (χ4v) is 3.28. The van der Waals surface area contributed by atoms with Crippen molar-refractivity contribution in [3.63, 3.8) is 0 Å². The van der Waals surface area contributed by atoms with Crippen molar-refractivity contribution in [2.24, 2.45) is 5.73 Å². The Morgan fingerprint density at radius 1 is 1.27 bits per heavy atom. The smallest absolute Gasteiger partial charge is 0.0737 e. The van der Waals surface area contributed by atoms with Gasteiger partial charge >= 0.3 is 0 Å². The van der Waals surface area contributed by atoms with Crippen LogP contribution in [0, 0.1) is 0 Å². The van der Waals surface area contributed by atoms with Crippen LogP contribution in [0.3, 0.4) is 0 Å². The summed E-state index contributed by atoms with van der Waals surface area (Å²) in [4.78, 5) is 0. The number of benzene rings is 1. The van der Waals surface area contributed by atoms with Gasteiger partial charge in [-0.15, -0.1) is 0 Å². The van der Waals surface area contributed by atoms with Crippen LogP contribution in [0.25, 0.3) is 0 Å². The Balaban J connectivity index is 1.94. The Morgan fingerprint density at radius 3 is 2.73 bits per heavy atom. The molecule has 4 atom stereocenters. The minimum absolute atomic E-state index is 0.179. The predicted molar refractivity (Wildman–Crippen MR) is 62.8 cm³/mol. The van der Waals surface area contributed by atoms with Crippen molar-refractivity contribution in [3.8, 4) is 0 Å². The molecule has 2 heterocycles. The fourth-order valence-electron chi connectivity index (χ4n) is 2.87. The summed E-state index contributed by atoms with van der Waals surface area (Å²) in [6.07, 6.45) is 2.93. The van der Waals surface area contributed by atoms with Crippen LogP contribution < -0.4 is 5.73 Å². The minimum atomic E-state index is 0.179. The molecular formula is C12H14BrNO. The van der Waals surface area contributed by atoms with Gasteiger partial charge in [0, 0.05) is 16.4 Å². The molecule has 3 rings (SSSR count). The van der Waals surface area contributed by atoms with E-state index in [1.807, 2.05) is 6.07 Å². The van der Waals surface area contributed by atoms with Crippen molar-refractivity contribution in [3.05, 3.63) is 34.3 Å². The molecule has 80 valence electrons. The summed E-state index contributed by atoms with van der Waals surface area (Å²) in [5.41, 5.74) is 7.52. The highest BCUT2D eigenvalue weighted by Gasteiger charge is 2.47. The Kier molecular flexibility index (Phi) is 2.34. The lowest BCUT2D eigenvalue weighted by Gasteiger charge is -2.25. The normalized spacial score (nSPS) is 38.5. The number of fused-ring (bicyclic) bond motifs is 2. The monoisotopic (exact) mass is 267 g/mol. The average Bonchev–Trinajstić information content (AvgIpc) is 2.77. The molecule has 2 bridgehead atoms. The van der Waals surface area contributed by atoms with Gasteiger partial charge in [0.2, 0.25) is 0 Å². The van der Waals surface area contributed by atoms with Gasteiger partial charge < -0.3 is 10.5 Å². The van der Waals surface area contributed by atoms with Gasteiger partial charge in [-0.25, -0.2) is 0 Å². The Labute approximate surface area is 97.9 Å². The maximum absolute atomic E-state index is 6.21. The highest BCUT2D eigenvalue weighted by atomic mass is 79.9. The maximum Gasteiger partial charge on any atom is 0.0737 e. The first-order valence-electron chi connectivity index (χ1n) is 5.42. The number of ether oxygens (including phenoxy) is 1. The lowest BCUT2D eigenvalue weighted by molar-refractivity contribution is 0.0976. The molecule has 3 heteroatoms. The summed E-state index contributed by atoms with van der Waals surface area (Å²) in [6, 6.07) is 8.60. The van der Waals surface area contributed by atoms with E-state index in [4.69, 9.17) is 10.5 Å². The topological polar surface area (TPSA) is 35.2 Å². The van der Waals surface area contributed by atoms with Gasteiger partial charge in [0.1, 0.15) is 0 Å². The molecule has 0 saturated carbocycles. The number of rotatable bonds is 1. The van der Waals surface area contributed by atoms with Crippen molar-refractivity contribution >= 4 is 15.9 Å². The van der Waals surface area contributed by atoms with E-state index < -0.39 is 0 Å². The lowest BCUT2D eigenvalue weighted by atomic mass is 9.80. The van der Waals surface area contributed by atoms with E-state index in [0.29, 0.717) is 18.1 Å². The third kappa shape index (κ3) is 1.53. The molecule has 4 unspecified atom stereocenters. The second-order valence-electron chi connectivity index (χ2n) is 4.45. The second kappa shape index (κ2) is 3.58. The summed E-state index contributed by atoms with van der Waals surface area (Å²) in [6.45, 7) is 0. The molecule has 2 aliphatic heterocycles. The molecule has 0 aliphatic carbocycles. The number of hydrogen-bond donors (Lipinski definition) is 1. The third-order valence-electron chi connectivity index (χ3n) is 3.56. The lowest BCUT2D eigenvalue weighted by Crippen LogP contribution is -2.38. The van der Waals surface area contributed by atoms with Crippen LogP contribution >= 0.6 is 15.9 Å². The van der Waals surface area contributed by atoms with Crippen LogP contribution in [0.1, 0.15) is 24.3 Å². The van der Waals surface area contributed by atoms with E-state index in [2.05, 4.69) is 34.1 Å². The molecule has 0 spiro atoms. The van der Waals surface area contributed by atoms with Crippen LogP contribution in [0.5, 0.6) is 0 Å². The largest absolute Gasteiger partial charge is 0.373 e. The molecule has 1 aromatic carbocycles. The van der Waals surface area contributed by atoms with E-state index in [1.54, 1.807) is 0 Å². The summed E-state index contributed by atoms with van der Waals surface area (Å²) in [5.74, 6) is 0.390. The van der Waals surface area contributed by atoms with Gasteiger partial charge in [-0.2, -0.15) is 0 Å². The fraction of sp³-hybridized carbons (Fsp3) is 0.500. The van der Waals surface area contributed by atoms with Gasteiger partial charge in [0.05, 0.1) is 12.2 Å². The van der Waals surface area contributed by atoms with Crippen LogP contribution in [-0.4, -0.2) is 18.2 Å². The van der Waals surface area contributed by atoms with Crippen molar-refractivity contribution in [1.29, 1.82) is 0 Å². The van der Waals surface area contributed by atoms with E-state index in [-0.39, 0.29) is 6.04 Å². The quantitative estimate of drug-likeness (QED) is 0.849. The first-order valence-corrected chi connectivity index (χ1v) is 6.21. The number of halogens is 1. The highest BCUT2D eigenvalue weighted by Crippen LogP contribution is 2.43. The summed E-state index contributed by atoms with van der Waals surface area (Å²) < 4.78 is 6.97. The first kappa shape index (κ1) is 9.82. The minimum Gasteiger partial charge on any atom is -0.373 e. The molecule has 0 aromatic heterocycles. The summed E-state index contributed by atoms with van der Waals surface area (Å²) in [7, 11) is 0. The second-order valence-corrected chi connectivity index (χ2v) is 5.36. The standard InChI is InChI=1S/C12H14BrNO/c13-8-3-1-2-7(6-8)11-9-4-5-10(15-9)12(11)14/h1-3,6,9-12H,4-5,14H2. The summed E-state index contributed by atoms with van der Waals surface area (Å²) in [5, 5.41) is 0. The van der Waals surface area contributed by atoms with Crippen molar-refractivity contribution in [2.75, 3.05) is 0 Å². The van der Waals surface area contributed by atoms with Gasteiger partial charge in [-0.05, 0) is 30.5 Å². The van der Waals surface area contributed by atoms with Crippen molar-refractivity contribution in [1.82, 2.24) is 0 Å². The van der Waals surface area contributed by atoms with Crippen LogP contribution in [0.4, 0.5) is 0 Å². The third-order valence-corrected chi connectivity index (χ3v) is 4.06. The van der Waals surface area contributed by atoms with E-state index in [0.717, 1.165) is 17.3 Å². The SMILES string of the molecule is NC1C2CCC(O2)C1c1cccc(Br)c1. The highest BCUT2D eigenvalue weighted by molar-refractivity contribution is 9.10. The summed E-state index contributed by atoms with van der Waals surface area (Å²) >= 11 is 3.50. The van der Waals surface area contributed by atoms with E-state index in [1.165, 1.54) is 5.56 Å². The van der Waals surface area contributed by atoms with Gasteiger partial charge in [0.15, 0.2) is 0 Å². The molecule has 2 N–H and O–H groups in total. The Morgan fingerprint density at radius 2 is 2.07 bits per heavy atom. The van der Waals surface area contributed by atoms with Crippen LogP contribution in [0.2, 0.25) is 0 Å². The molecule has 2 nitrogen and oxygen atoms in total. The Hall–Kier alpha value is -0.380. The molecular weight excluding hydrogens is 254 g/mol. The molecule has 0 amide bonds. The zero-order valence-corrected chi connectivity index (χ0v) is 9.98. The van der Waals surface area contributed by atoms with Crippen LogP contribution in [0.15, 0.2) is 28.7 Å². The zero-order valence-electron chi connectivity index (χ0n) is 8.40. The molecule has 2 fully saturated rings.